The largest absolute Gasteiger partial charge is 0.495 e. The SMILES string of the molecule is COc1ccc(NC(=O)N2CCC(n3c(=O)[nH]c4c(N)cccc43)CC2)cc1Cl. The third kappa shape index (κ3) is 3.63. The van der Waals surface area contributed by atoms with Crippen molar-refractivity contribution in [3.63, 3.8) is 0 Å². The maximum absolute atomic E-state index is 12.6. The van der Waals surface area contributed by atoms with Gasteiger partial charge in [-0.15, -0.1) is 0 Å². The van der Waals surface area contributed by atoms with Gasteiger partial charge < -0.3 is 25.7 Å². The number of aromatic amines is 1. The predicted molar refractivity (Wildman–Crippen MR) is 114 cm³/mol. The lowest BCUT2D eigenvalue weighted by Crippen LogP contribution is -2.42. The Morgan fingerprint density at radius 2 is 2.03 bits per heavy atom. The van der Waals surface area contributed by atoms with Crippen molar-refractivity contribution in [1.82, 2.24) is 14.5 Å². The molecule has 0 atom stereocenters. The van der Waals surface area contributed by atoms with E-state index in [2.05, 4.69) is 10.3 Å². The van der Waals surface area contributed by atoms with Gasteiger partial charge in [0.05, 0.1) is 28.9 Å². The lowest BCUT2D eigenvalue weighted by atomic mass is 10.0. The van der Waals surface area contributed by atoms with Crippen LogP contribution in [0.25, 0.3) is 11.0 Å². The summed E-state index contributed by atoms with van der Waals surface area (Å²) < 4.78 is 6.88. The number of aromatic nitrogens is 2. The maximum atomic E-state index is 12.6. The second-order valence-corrected chi connectivity index (χ2v) is 7.45. The summed E-state index contributed by atoms with van der Waals surface area (Å²) in [5.41, 5.74) is 8.41. The topological polar surface area (TPSA) is 105 Å². The van der Waals surface area contributed by atoms with Crippen LogP contribution in [0.1, 0.15) is 18.9 Å². The fourth-order valence-corrected chi connectivity index (χ4v) is 4.07. The van der Waals surface area contributed by atoms with Crippen molar-refractivity contribution in [3.05, 3.63) is 51.9 Å². The summed E-state index contributed by atoms with van der Waals surface area (Å²) in [5.74, 6) is 0.551. The van der Waals surface area contributed by atoms with E-state index >= 15 is 0 Å². The van der Waals surface area contributed by atoms with Crippen LogP contribution in [0.3, 0.4) is 0 Å². The van der Waals surface area contributed by atoms with Gasteiger partial charge in [0, 0.05) is 24.8 Å². The van der Waals surface area contributed by atoms with E-state index in [4.69, 9.17) is 22.1 Å². The number of rotatable bonds is 3. The van der Waals surface area contributed by atoms with Gasteiger partial charge in [-0.2, -0.15) is 0 Å². The zero-order valence-electron chi connectivity index (χ0n) is 15.9. The molecule has 0 spiro atoms. The number of nitrogens with zero attached hydrogens (tertiary/aromatic N) is 2. The number of hydrogen-bond donors (Lipinski definition) is 3. The van der Waals surface area contributed by atoms with Crippen LogP contribution in [0.2, 0.25) is 5.02 Å². The highest BCUT2D eigenvalue weighted by Gasteiger charge is 2.26. The number of anilines is 2. The quantitative estimate of drug-likeness (QED) is 0.569. The lowest BCUT2D eigenvalue weighted by Gasteiger charge is -2.32. The molecule has 2 aromatic carbocycles. The molecule has 2 amide bonds. The second kappa shape index (κ2) is 7.71. The number of H-pyrrole nitrogens is 1. The number of nitrogens with one attached hydrogen (secondary N) is 2. The van der Waals surface area contributed by atoms with Crippen LogP contribution in [0.15, 0.2) is 41.2 Å². The average Bonchev–Trinajstić information content (AvgIpc) is 3.05. The van der Waals surface area contributed by atoms with E-state index < -0.39 is 0 Å². The van der Waals surface area contributed by atoms with Gasteiger partial charge in [-0.05, 0) is 43.2 Å². The number of para-hydroxylation sites is 1. The van der Waals surface area contributed by atoms with E-state index in [0.29, 0.717) is 53.6 Å². The number of amides is 2. The minimum absolute atomic E-state index is 0.0116. The number of nitrogen functional groups attached to an aromatic ring is 1. The molecular weight excluding hydrogens is 394 g/mol. The van der Waals surface area contributed by atoms with Gasteiger partial charge in [0.25, 0.3) is 0 Å². The molecule has 1 aromatic heterocycles. The van der Waals surface area contributed by atoms with Gasteiger partial charge >= 0.3 is 11.7 Å². The molecule has 0 aliphatic carbocycles. The Balaban J connectivity index is 1.44. The van der Waals surface area contributed by atoms with Gasteiger partial charge in [0.2, 0.25) is 0 Å². The maximum Gasteiger partial charge on any atom is 0.326 e. The van der Waals surface area contributed by atoms with Crippen molar-refractivity contribution in [3.8, 4) is 5.75 Å². The van der Waals surface area contributed by atoms with E-state index in [-0.39, 0.29) is 17.8 Å². The number of likely N-dealkylation sites (tertiary alicyclic amines) is 1. The Kier molecular flexibility index (Phi) is 5.10. The van der Waals surface area contributed by atoms with Gasteiger partial charge in [0.1, 0.15) is 5.75 Å². The Bertz CT molecular complexity index is 1110. The summed E-state index contributed by atoms with van der Waals surface area (Å²) in [5, 5.41) is 3.29. The molecule has 1 saturated heterocycles. The average molecular weight is 416 g/mol. The summed E-state index contributed by atoms with van der Waals surface area (Å²) in [6.45, 7) is 1.09. The number of nitrogens with two attached hydrogens (primary N) is 1. The second-order valence-electron chi connectivity index (χ2n) is 7.04. The number of halogens is 1. The predicted octanol–water partition coefficient (Wildman–Crippen LogP) is 3.44. The van der Waals surface area contributed by atoms with Crippen molar-refractivity contribution in [2.24, 2.45) is 0 Å². The molecule has 0 radical (unpaired) electrons. The smallest absolute Gasteiger partial charge is 0.326 e. The molecule has 0 saturated carbocycles. The molecular formula is C20H22ClN5O3. The molecule has 2 heterocycles. The van der Waals surface area contributed by atoms with Crippen molar-refractivity contribution in [2.45, 2.75) is 18.9 Å². The minimum atomic E-state index is -0.194. The number of ether oxygens (including phenoxy) is 1. The molecule has 8 nitrogen and oxygen atoms in total. The number of methoxy groups -OCH3 is 1. The first kappa shape index (κ1) is 19.2. The van der Waals surface area contributed by atoms with Crippen LogP contribution in [0.4, 0.5) is 16.2 Å². The zero-order valence-corrected chi connectivity index (χ0v) is 16.7. The highest BCUT2D eigenvalue weighted by Crippen LogP contribution is 2.29. The monoisotopic (exact) mass is 415 g/mol. The Morgan fingerprint density at radius 1 is 1.28 bits per heavy atom. The van der Waals surface area contributed by atoms with E-state index in [1.54, 1.807) is 33.7 Å². The molecule has 4 rings (SSSR count). The fraction of sp³-hybridized carbons (Fsp3) is 0.300. The zero-order chi connectivity index (χ0) is 20.5. The lowest BCUT2D eigenvalue weighted by molar-refractivity contribution is 0.184. The molecule has 4 N–H and O–H groups in total. The summed E-state index contributed by atoms with van der Waals surface area (Å²) >= 11 is 6.11. The Morgan fingerprint density at radius 3 is 2.72 bits per heavy atom. The number of fused-ring (bicyclic) bond motifs is 1. The molecule has 152 valence electrons. The van der Waals surface area contributed by atoms with Crippen molar-refractivity contribution < 1.29 is 9.53 Å². The van der Waals surface area contributed by atoms with Crippen LogP contribution in [-0.4, -0.2) is 40.7 Å². The van der Waals surface area contributed by atoms with Crippen molar-refractivity contribution >= 4 is 40.0 Å². The standard InChI is InChI=1S/C20H22ClN5O3/c1-29-17-6-5-12(11-14(17)21)23-19(27)25-9-7-13(8-10-25)26-16-4-2-3-15(22)18(16)24-20(26)28/h2-6,11,13H,7-10,22H2,1H3,(H,23,27)(H,24,28). The molecule has 1 aliphatic heterocycles. The summed E-state index contributed by atoms with van der Waals surface area (Å²) in [4.78, 5) is 29.6. The fourth-order valence-electron chi connectivity index (χ4n) is 3.81. The van der Waals surface area contributed by atoms with E-state index in [9.17, 15) is 9.59 Å². The third-order valence-electron chi connectivity index (χ3n) is 5.30. The van der Waals surface area contributed by atoms with Gasteiger partial charge in [-0.3, -0.25) is 4.57 Å². The number of piperidine rings is 1. The van der Waals surface area contributed by atoms with Gasteiger partial charge in [-0.1, -0.05) is 17.7 Å². The number of hydrogen-bond acceptors (Lipinski definition) is 4. The number of carbonyl (C=O) groups excluding carboxylic acids is 1. The highest BCUT2D eigenvalue weighted by molar-refractivity contribution is 6.32. The highest BCUT2D eigenvalue weighted by atomic mass is 35.5. The molecule has 1 aliphatic rings. The van der Waals surface area contributed by atoms with Crippen molar-refractivity contribution in [1.29, 1.82) is 0 Å². The normalized spacial score (nSPS) is 14.9. The van der Waals surface area contributed by atoms with Crippen molar-refractivity contribution in [2.75, 3.05) is 31.2 Å². The summed E-state index contributed by atoms with van der Waals surface area (Å²) in [7, 11) is 1.54. The van der Waals surface area contributed by atoms with Crippen LogP contribution in [-0.2, 0) is 0 Å². The van der Waals surface area contributed by atoms with Crippen LogP contribution < -0.4 is 21.5 Å². The molecule has 3 aromatic rings. The molecule has 0 bridgehead atoms. The number of benzene rings is 2. The molecule has 0 unspecified atom stereocenters. The number of imidazole rings is 1. The van der Waals surface area contributed by atoms with E-state index in [0.717, 1.165) is 5.52 Å². The van der Waals surface area contributed by atoms with E-state index in [1.807, 2.05) is 12.1 Å². The molecule has 9 heteroatoms. The van der Waals surface area contributed by atoms with Gasteiger partial charge in [-0.25, -0.2) is 9.59 Å². The van der Waals surface area contributed by atoms with E-state index in [1.165, 1.54) is 7.11 Å². The van der Waals surface area contributed by atoms with Crippen LogP contribution in [0, 0.1) is 0 Å². The minimum Gasteiger partial charge on any atom is -0.495 e. The third-order valence-corrected chi connectivity index (χ3v) is 5.60. The number of carbonyl (C=O) groups is 1. The van der Waals surface area contributed by atoms with Crippen LogP contribution in [0.5, 0.6) is 5.75 Å². The first-order chi connectivity index (χ1) is 14.0. The number of urea groups is 1. The van der Waals surface area contributed by atoms with Gasteiger partial charge in [0.15, 0.2) is 0 Å². The first-order valence-electron chi connectivity index (χ1n) is 9.36. The Hall–Kier alpha value is -3.13. The summed E-state index contributed by atoms with van der Waals surface area (Å²) in [6.07, 6.45) is 1.36. The summed E-state index contributed by atoms with van der Waals surface area (Å²) in [6, 6.07) is 10.4. The molecule has 29 heavy (non-hydrogen) atoms. The van der Waals surface area contributed by atoms with Crippen LogP contribution >= 0.6 is 11.6 Å². The first-order valence-corrected chi connectivity index (χ1v) is 9.74. The Labute approximate surface area is 172 Å². The molecule has 1 fully saturated rings.